The SMILES string of the molecule is NC(=S)c1nccn1CC1CCCC1. The maximum absolute atomic E-state index is 5.58. The predicted octanol–water partition coefficient (Wildman–Crippen LogP) is 1.71. The fourth-order valence-corrected chi connectivity index (χ4v) is 2.32. The highest BCUT2D eigenvalue weighted by Crippen LogP contribution is 2.26. The molecule has 0 spiro atoms. The molecule has 1 heterocycles. The largest absolute Gasteiger partial charge is 0.387 e. The van der Waals surface area contributed by atoms with Gasteiger partial charge >= 0.3 is 0 Å². The minimum Gasteiger partial charge on any atom is -0.387 e. The van der Waals surface area contributed by atoms with Gasteiger partial charge in [0.2, 0.25) is 0 Å². The number of thiocarbonyl (C=S) groups is 1. The molecular weight excluding hydrogens is 194 g/mol. The van der Waals surface area contributed by atoms with Crippen LogP contribution >= 0.6 is 12.2 Å². The minimum absolute atomic E-state index is 0.396. The molecule has 1 aliphatic rings. The zero-order valence-corrected chi connectivity index (χ0v) is 8.96. The molecule has 1 aromatic heterocycles. The first-order chi connectivity index (χ1) is 6.77. The van der Waals surface area contributed by atoms with E-state index in [0.29, 0.717) is 4.99 Å². The number of nitrogens with zero attached hydrogens (tertiary/aromatic N) is 2. The van der Waals surface area contributed by atoms with E-state index in [1.165, 1.54) is 25.7 Å². The van der Waals surface area contributed by atoms with Crippen LogP contribution in [0.4, 0.5) is 0 Å². The smallest absolute Gasteiger partial charge is 0.167 e. The summed E-state index contributed by atoms with van der Waals surface area (Å²) >= 11 is 4.94. The number of nitrogens with two attached hydrogens (primary N) is 1. The van der Waals surface area contributed by atoms with Crippen LogP contribution in [0.25, 0.3) is 0 Å². The molecule has 1 aliphatic carbocycles. The van der Waals surface area contributed by atoms with Crippen molar-refractivity contribution in [1.29, 1.82) is 0 Å². The number of rotatable bonds is 3. The average molecular weight is 209 g/mol. The van der Waals surface area contributed by atoms with Gasteiger partial charge in [0.25, 0.3) is 0 Å². The molecule has 0 atom stereocenters. The number of aromatic nitrogens is 2. The second kappa shape index (κ2) is 4.09. The molecule has 0 unspecified atom stereocenters. The number of hydrogen-bond donors (Lipinski definition) is 1. The van der Waals surface area contributed by atoms with Crippen molar-refractivity contribution >= 4 is 17.2 Å². The van der Waals surface area contributed by atoms with Gasteiger partial charge in [-0.15, -0.1) is 0 Å². The molecule has 3 nitrogen and oxygen atoms in total. The Kier molecular flexibility index (Phi) is 2.82. The van der Waals surface area contributed by atoms with E-state index in [9.17, 15) is 0 Å². The molecule has 1 saturated carbocycles. The molecule has 0 bridgehead atoms. The zero-order chi connectivity index (χ0) is 9.97. The predicted molar refractivity (Wildman–Crippen MR) is 60.1 cm³/mol. The van der Waals surface area contributed by atoms with Gasteiger partial charge in [-0.05, 0) is 18.8 Å². The maximum Gasteiger partial charge on any atom is 0.167 e. The van der Waals surface area contributed by atoms with Crippen molar-refractivity contribution in [2.45, 2.75) is 32.2 Å². The fourth-order valence-electron chi connectivity index (χ4n) is 2.15. The fraction of sp³-hybridized carbons (Fsp3) is 0.600. The van der Waals surface area contributed by atoms with E-state index in [4.69, 9.17) is 18.0 Å². The summed E-state index contributed by atoms with van der Waals surface area (Å²) in [6.45, 7) is 1.02. The van der Waals surface area contributed by atoms with Crippen LogP contribution in [0.15, 0.2) is 12.4 Å². The molecule has 2 rings (SSSR count). The molecule has 2 N–H and O–H groups in total. The van der Waals surface area contributed by atoms with Crippen LogP contribution in [0.1, 0.15) is 31.5 Å². The Hall–Kier alpha value is -0.900. The van der Waals surface area contributed by atoms with Crippen molar-refractivity contribution in [3.63, 3.8) is 0 Å². The van der Waals surface area contributed by atoms with E-state index in [1.54, 1.807) is 6.20 Å². The van der Waals surface area contributed by atoms with E-state index < -0.39 is 0 Å². The van der Waals surface area contributed by atoms with Gasteiger partial charge in [0.1, 0.15) is 4.99 Å². The van der Waals surface area contributed by atoms with Gasteiger partial charge in [-0.1, -0.05) is 25.1 Å². The monoisotopic (exact) mass is 209 g/mol. The third-order valence-electron chi connectivity index (χ3n) is 2.87. The van der Waals surface area contributed by atoms with E-state index >= 15 is 0 Å². The van der Waals surface area contributed by atoms with Crippen LogP contribution in [0.2, 0.25) is 0 Å². The van der Waals surface area contributed by atoms with Gasteiger partial charge in [0.05, 0.1) is 0 Å². The summed E-state index contributed by atoms with van der Waals surface area (Å²) in [5.74, 6) is 1.55. The highest BCUT2D eigenvalue weighted by atomic mass is 32.1. The van der Waals surface area contributed by atoms with Crippen molar-refractivity contribution in [3.8, 4) is 0 Å². The molecule has 0 aliphatic heterocycles. The van der Waals surface area contributed by atoms with Crippen LogP contribution < -0.4 is 5.73 Å². The quantitative estimate of drug-likeness (QED) is 0.771. The second-order valence-corrected chi connectivity index (χ2v) is 4.36. The van der Waals surface area contributed by atoms with E-state index in [-0.39, 0.29) is 0 Å². The lowest BCUT2D eigenvalue weighted by Gasteiger charge is -2.11. The van der Waals surface area contributed by atoms with Gasteiger partial charge in [-0.3, -0.25) is 0 Å². The molecule has 14 heavy (non-hydrogen) atoms. The number of hydrogen-bond acceptors (Lipinski definition) is 2. The van der Waals surface area contributed by atoms with E-state index in [2.05, 4.69) is 9.55 Å². The first-order valence-corrected chi connectivity index (χ1v) is 5.49. The van der Waals surface area contributed by atoms with Crippen molar-refractivity contribution in [3.05, 3.63) is 18.2 Å². The average Bonchev–Trinajstić information content (AvgIpc) is 2.75. The Morgan fingerprint density at radius 2 is 2.29 bits per heavy atom. The highest BCUT2D eigenvalue weighted by Gasteiger charge is 2.17. The lowest BCUT2D eigenvalue weighted by Crippen LogP contribution is -2.19. The van der Waals surface area contributed by atoms with Crippen LogP contribution in [0, 0.1) is 5.92 Å². The molecule has 0 saturated heterocycles. The Bertz CT molecular complexity index is 326. The summed E-state index contributed by atoms with van der Waals surface area (Å²) < 4.78 is 2.08. The molecule has 1 fully saturated rings. The third-order valence-corrected chi connectivity index (χ3v) is 3.05. The minimum atomic E-state index is 0.396. The summed E-state index contributed by atoms with van der Waals surface area (Å²) in [5, 5.41) is 0. The van der Waals surface area contributed by atoms with Crippen LogP contribution in [0.5, 0.6) is 0 Å². The van der Waals surface area contributed by atoms with Crippen LogP contribution in [0.3, 0.4) is 0 Å². The zero-order valence-electron chi connectivity index (χ0n) is 8.15. The second-order valence-electron chi connectivity index (χ2n) is 3.92. The highest BCUT2D eigenvalue weighted by molar-refractivity contribution is 7.80. The van der Waals surface area contributed by atoms with Crippen LogP contribution in [-0.4, -0.2) is 14.5 Å². The summed E-state index contributed by atoms with van der Waals surface area (Å²) in [7, 11) is 0. The van der Waals surface area contributed by atoms with Crippen molar-refractivity contribution < 1.29 is 0 Å². The Morgan fingerprint density at radius 3 is 2.93 bits per heavy atom. The Labute approximate surface area is 89.3 Å². The first-order valence-electron chi connectivity index (χ1n) is 5.08. The molecule has 1 aromatic rings. The molecule has 0 aromatic carbocycles. The standard InChI is InChI=1S/C10H15N3S/c11-9(14)10-12-5-6-13(10)7-8-3-1-2-4-8/h5-6,8H,1-4,7H2,(H2,11,14). The van der Waals surface area contributed by atoms with Crippen molar-refractivity contribution in [1.82, 2.24) is 9.55 Å². The molecule has 0 amide bonds. The lowest BCUT2D eigenvalue weighted by molar-refractivity contribution is 0.455. The van der Waals surface area contributed by atoms with Crippen LogP contribution in [-0.2, 0) is 6.54 Å². The van der Waals surface area contributed by atoms with Gasteiger partial charge in [0, 0.05) is 18.9 Å². The maximum atomic E-state index is 5.58. The summed E-state index contributed by atoms with van der Waals surface area (Å²) in [5.41, 5.74) is 5.58. The van der Waals surface area contributed by atoms with Crippen molar-refractivity contribution in [2.24, 2.45) is 11.7 Å². The summed E-state index contributed by atoms with van der Waals surface area (Å²) in [4.78, 5) is 4.55. The van der Waals surface area contributed by atoms with Gasteiger partial charge < -0.3 is 10.3 Å². The first kappa shape index (κ1) is 9.65. The summed E-state index contributed by atoms with van der Waals surface area (Å²) in [6.07, 6.45) is 9.11. The molecular formula is C10H15N3S. The van der Waals surface area contributed by atoms with E-state index in [1.807, 2.05) is 6.20 Å². The molecule has 76 valence electrons. The van der Waals surface area contributed by atoms with Gasteiger partial charge in [0.15, 0.2) is 5.82 Å². The normalized spacial score (nSPS) is 17.4. The topological polar surface area (TPSA) is 43.8 Å². The lowest BCUT2D eigenvalue weighted by atomic mass is 10.1. The van der Waals surface area contributed by atoms with Crippen molar-refractivity contribution in [2.75, 3.05) is 0 Å². The van der Waals surface area contributed by atoms with Gasteiger partial charge in [-0.2, -0.15) is 0 Å². The molecule has 4 heteroatoms. The Balaban J connectivity index is 2.07. The van der Waals surface area contributed by atoms with E-state index in [0.717, 1.165) is 18.3 Å². The number of imidazole rings is 1. The molecule has 0 radical (unpaired) electrons. The summed E-state index contributed by atoms with van der Waals surface area (Å²) in [6, 6.07) is 0. The van der Waals surface area contributed by atoms with Gasteiger partial charge in [-0.25, -0.2) is 4.98 Å². The third kappa shape index (κ3) is 1.95. The Morgan fingerprint density at radius 1 is 1.57 bits per heavy atom.